The van der Waals surface area contributed by atoms with E-state index in [-0.39, 0.29) is 37.7 Å². The molecule has 0 unspecified atom stereocenters. The molecule has 0 atom stereocenters. The van der Waals surface area contributed by atoms with Crippen molar-refractivity contribution in [3.05, 3.63) is 5.32 Å². The number of rotatable bonds is 14. The molecule has 1 radical (unpaired) electrons. The van der Waals surface area contributed by atoms with Crippen molar-refractivity contribution in [2.45, 2.75) is 90.9 Å². The number of nitrogens with zero attached hydrogens (tertiary/aromatic N) is 1. The Morgan fingerprint density at radius 1 is 0.526 bits per heavy atom. The number of unbranched alkanes of at least 4 members (excludes halogenated alkanes) is 10. The smallest absolute Gasteiger partial charge is 0.662 e. The summed E-state index contributed by atoms with van der Waals surface area (Å²) >= 11 is 0. The quantitative estimate of drug-likeness (QED) is 0.334. The molecule has 19 heavy (non-hydrogen) atoms. The van der Waals surface area contributed by atoms with Crippen LogP contribution < -0.4 is 18.9 Å². The van der Waals surface area contributed by atoms with E-state index in [1.54, 1.807) is 0 Å². The summed E-state index contributed by atoms with van der Waals surface area (Å²) in [6.45, 7) is 6.77. The summed E-state index contributed by atoms with van der Waals surface area (Å²) < 4.78 is 0. The van der Waals surface area contributed by atoms with Gasteiger partial charge in [0.1, 0.15) is 0 Å². The van der Waals surface area contributed by atoms with Gasteiger partial charge in [0.05, 0.1) is 0 Å². The molecule has 0 N–H and O–H groups in total. The summed E-state index contributed by atoms with van der Waals surface area (Å²) in [5.41, 5.74) is 0. The Morgan fingerprint density at radius 3 is 1.21 bits per heavy atom. The van der Waals surface area contributed by atoms with Crippen LogP contribution in [-0.4, -0.2) is 32.0 Å². The normalized spacial score (nSPS) is 9.79. The van der Waals surface area contributed by atoms with Gasteiger partial charge in [0.15, 0.2) is 0 Å². The molecular formula is C16H34Li2N. The summed E-state index contributed by atoms with van der Waals surface area (Å²) in [5.74, 6) is 0. The van der Waals surface area contributed by atoms with Crippen molar-refractivity contribution in [1.82, 2.24) is 0 Å². The molecule has 0 aromatic carbocycles. The van der Waals surface area contributed by atoms with Gasteiger partial charge in [-0.05, 0) is 0 Å². The van der Waals surface area contributed by atoms with Gasteiger partial charge in [-0.3, -0.25) is 0 Å². The Balaban J connectivity index is -0.00000128. The molecule has 3 heteroatoms. The maximum Gasteiger partial charge on any atom is 1.00 e. The number of hydrogen-bond acceptors (Lipinski definition) is 0. The van der Waals surface area contributed by atoms with Crippen LogP contribution in [-0.2, 0) is 0 Å². The fourth-order valence-electron chi connectivity index (χ4n) is 2.12. The zero-order valence-electron chi connectivity index (χ0n) is 14.3. The van der Waals surface area contributed by atoms with Crippen LogP contribution in [0.25, 0.3) is 5.32 Å². The van der Waals surface area contributed by atoms with E-state index < -0.39 is 0 Å². The van der Waals surface area contributed by atoms with E-state index in [9.17, 15) is 0 Å². The fraction of sp³-hybridized carbons (Fsp3) is 1.00. The molecule has 0 saturated heterocycles. The summed E-state index contributed by atoms with van der Waals surface area (Å²) in [4.78, 5) is 0. The minimum atomic E-state index is 0. The van der Waals surface area contributed by atoms with Crippen molar-refractivity contribution in [3.8, 4) is 0 Å². The van der Waals surface area contributed by atoms with E-state index in [4.69, 9.17) is 0 Å². The van der Waals surface area contributed by atoms with Crippen LogP contribution in [0.4, 0.5) is 0 Å². The molecule has 0 aliphatic carbocycles. The Bertz CT molecular complexity index is 118. The second-order valence-corrected chi connectivity index (χ2v) is 5.21. The van der Waals surface area contributed by atoms with E-state index >= 15 is 0 Å². The molecule has 0 amide bonds. The SMILES string of the molecule is CCCCCCCC[N-]CCCCCCCC.[Li+].[Li]. The molecule has 1 nitrogen and oxygen atoms in total. The summed E-state index contributed by atoms with van der Waals surface area (Å²) in [5, 5.41) is 4.61. The third-order valence-electron chi connectivity index (χ3n) is 3.34. The van der Waals surface area contributed by atoms with Crippen molar-refractivity contribution < 1.29 is 18.9 Å². The summed E-state index contributed by atoms with van der Waals surface area (Å²) in [6, 6.07) is 0. The van der Waals surface area contributed by atoms with Gasteiger partial charge in [0, 0.05) is 18.9 Å². The monoisotopic (exact) mass is 254 g/mol. The standard InChI is InChI=1S/C16H34N.2Li/c1-3-5-7-9-11-13-15-17-16-14-12-10-8-6-4-2;;/h3-16H2,1-2H3;;/q-1;;+1. The predicted octanol–water partition coefficient (Wildman–Crippen LogP) is 2.70. The van der Waals surface area contributed by atoms with Gasteiger partial charge in [-0.1, -0.05) is 90.9 Å². The van der Waals surface area contributed by atoms with Gasteiger partial charge in [0.2, 0.25) is 0 Å². The zero-order valence-corrected chi connectivity index (χ0v) is 14.3. The van der Waals surface area contributed by atoms with Gasteiger partial charge in [0.25, 0.3) is 0 Å². The van der Waals surface area contributed by atoms with Gasteiger partial charge in [-0.2, -0.15) is 0 Å². The first-order valence-electron chi connectivity index (χ1n) is 8.05. The first-order valence-corrected chi connectivity index (χ1v) is 8.05. The Kier molecular flexibility index (Phi) is 32.0. The molecule has 0 aromatic rings. The molecule has 0 heterocycles. The van der Waals surface area contributed by atoms with Crippen LogP contribution in [0.1, 0.15) is 90.9 Å². The van der Waals surface area contributed by atoms with Crippen molar-refractivity contribution >= 4 is 18.9 Å². The number of hydrogen-bond donors (Lipinski definition) is 0. The van der Waals surface area contributed by atoms with Crippen molar-refractivity contribution in [2.24, 2.45) is 0 Å². The largest absolute Gasteiger partial charge is 1.00 e. The van der Waals surface area contributed by atoms with Crippen LogP contribution in [0.2, 0.25) is 0 Å². The maximum atomic E-state index is 4.61. The van der Waals surface area contributed by atoms with E-state index in [1.807, 2.05) is 0 Å². The van der Waals surface area contributed by atoms with Crippen LogP contribution in [0.5, 0.6) is 0 Å². The van der Waals surface area contributed by atoms with Gasteiger partial charge < -0.3 is 5.32 Å². The van der Waals surface area contributed by atoms with Gasteiger partial charge >= 0.3 is 18.9 Å². The first-order chi connectivity index (χ1) is 8.41. The first kappa shape index (κ1) is 25.1. The minimum Gasteiger partial charge on any atom is -0.662 e. The second-order valence-electron chi connectivity index (χ2n) is 5.21. The average Bonchev–Trinajstić information content (AvgIpc) is 2.35. The Labute approximate surface area is 146 Å². The molecule has 0 aliphatic heterocycles. The van der Waals surface area contributed by atoms with Crippen LogP contribution in [0, 0.1) is 0 Å². The minimum absolute atomic E-state index is 0. The van der Waals surface area contributed by atoms with Gasteiger partial charge in [-0.25, -0.2) is 0 Å². The molecule has 0 saturated carbocycles. The van der Waals surface area contributed by atoms with E-state index in [2.05, 4.69) is 19.2 Å². The Morgan fingerprint density at radius 2 is 0.842 bits per heavy atom. The molecular weight excluding hydrogens is 220 g/mol. The van der Waals surface area contributed by atoms with Crippen molar-refractivity contribution in [3.63, 3.8) is 0 Å². The third-order valence-corrected chi connectivity index (χ3v) is 3.34. The molecule has 0 rings (SSSR count). The maximum absolute atomic E-state index is 4.61. The molecule has 0 bridgehead atoms. The predicted molar refractivity (Wildman–Crippen MR) is 85.6 cm³/mol. The fourth-order valence-corrected chi connectivity index (χ4v) is 2.12. The third kappa shape index (κ3) is 24.5. The molecule has 0 aromatic heterocycles. The molecule has 0 fully saturated rings. The molecule has 0 spiro atoms. The average molecular weight is 254 g/mol. The van der Waals surface area contributed by atoms with E-state index in [0.29, 0.717) is 0 Å². The molecule has 0 aliphatic rings. The van der Waals surface area contributed by atoms with E-state index in [0.717, 1.165) is 13.1 Å². The zero-order chi connectivity index (χ0) is 12.6. The van der Waals surface area contributed by atoms with Crippen LogP contribution in [0.15, 0.2) is 0 Å². The van der Waals surface area contributed by atoms with Crippen molar-refractivity contribution in [1.29, 1.82) is 0 Å². The molecule has 105 valence electrons. The topological polar surface area (TPSA) is 14.1 Å². The van der Waals surface area contributed by atoms with Crippen LogP contribution in [0.3, 0.4) is 0 Å². The van der Waals surface area contributed by atoms with E-state index in [1.165, 1.54) is 77.0 Å². The second kappa shape index (κ2) is 24.2. The van der Waals surface area contributed by atoms with Crippen molar-refractivity contribution in [2.75, 3.05) is 13.1 Å². The summed E-state index contributed by atoms with van der Waals surface area (Å²) in [6.07, 6.45) is 16.6. The summed E-state index contributed by atoms with van der Waals surface area (Å²) in [7, 11) is 0. The Hall–Kier alpha value is 1.15. The van der Waals surface area contributed by atoms with Crippen LogP contribution >= 0.6 is 0 Å². The van der Waals surface area contributed by atoms with Gasteiger partial charge in [-0.15, -0.1) is 13.1 Å².